The van der Waals surface area contributed by atoms with Crippen molar-refractivity contribution in [2.24, 2.45) is 0 Å². The van der Waals surface area contributed by atoms with Crippen LogP contribution in [-0.2, 0) is 14.3 Å². The van der Waals surface area contributed by atoms with Crippen LogP contribution < -0.4 is 5.32 Å². The summed E-state index contributed by atoms with van der Waals surface area (Å²) in [6.45, 7) is 7.38. The van der Waals surface area contributed by atoms with Gasteiger partial charge >= 0.3 is 0 Å². The zero-order valence-electron chi connectivity index (χ0n) is 10.9. The molecule has 5 nitrogen and oxygen atoms in total. The molecular formula is C12H22N2O3. The number of nitrogens with zero attached hydrogens (tertiary/aromatic N) is 1. The minimum absolute atomic E-state index is 0.0452. The van der Waals surface area contributed by atoms with E-state index in [0.717, 1.165) is 12.8 Å². The molecule has 1 heterocycles. The molecule has 0 bridgehead atoms. The van der Waals surface area contributed by atoms with Crippen molar-refractivity contribution < 1.29 is 14.3 Å². The first-order chi connectivity index (χ1) is 7.97. The van der Waals surface area contributed by atoms with Gasteiger partial charge in [-0.05, 0) is 20.3 Å². The van der Waals surface area contributed by atoms with Crippen molar-refractivity contribution in [2.45, 2.75) is 39.2 Å². The van der Waals surface area contributed by atoms with Crippen molar-refractivity contribution in [1.29, 1.82) is 0 Å². The van der Waals surface area contributed by atoms with E-state index in [1.165, 1.54) is 0 Å². The molecule has 1 fully saturated rings. The van der Waals surface area contributed by atoms with E-state index in [-0.39, 0.29) is 18.4 Å². The Morgan fingerprint density at radius 2 is 2.06 bits per heavy atom. The molecule has 1 aliphatic rings. The molecule has 0 aromatic rings. The molecule has 0 spiro atoms. The molecule has 0 saturated carbocycles. The third-order valence-electron chi connectivity index (χ3n) is 2.76. The van der Waals surface area contributed by atoms with E-state index in [1.807, 2.05) is 0 Å². The normalized spacial score (nSPS) is 19.4. The predicted octanol–water partition coefficient (Wildman–Crippen LogP) is 0.540. The number of piperazine rings is 1. The second kappa shape index (κ2) is 6.00. The van der Waals surface area contributed by atoms with Crippen molar-refractivity contribution in [3.05, 3.63) is 0 Å². The average Bonchev–Trinajstić information content (AvgIpc) is 2.24. The van der Waals surface area contributed by atoms with Gasteiger partial charge in [-0.25, -0.2) is 0 Å². The summed E-state index contributed by atoms with van der Waals surface area (Å²) < 4.78 is 5.40. The van der Waals surface area contributed by atoms with Gasteiger partial charge in [0.2, 0.25) is 11.8 Å². The van der Waals surface area contributed by atoms with Crippen LogP contribution in [0.1, 0.15) is 33.6 Å². The number of rotatable bonds is 6. The third-order valence-corrected chi connectivity index (χ3v) is 2.76. The van der Waals surface area contributed by atoms with Gasteiger partial charge in [0.1, 0.15) is 5.54 Å². The van der Waals surface area contributed by atoms with Crippen molar-refractivity contribution in [2.75, 3.05) is 26.3 Å². The Bertz CT molecular complexity index is 289. The number of nitrogens with one attached hydrogen (secondary N) is 1. The lowest BCUT2D eigenvalue weighted by atomic mass is 10.0. The molecule has 0 aromatic heterocycles. The zero-order chi connectivity index (χ0) is 12.9. The van der Waals surface area contributed by atoms with Crippen molar-refractivity contribution in [1.82, 2.24) is 10.2 Å². The van der Waals surface area contributed by atoms with Crippen LogP contribution >= 0.6 is 0 Å². The summed E-state index contributed by atoms with van der Waals surface area (Å²) in [6.07, 6.45) is 2.12. The second-order valence-electron chi connectivity index (χ2n) is 4.87. The van der Waals surface area contributed by atoms with Gasteiger partial charge in [0.25, 0.3) is 0 Å². The van der Waals surface area contributed by atoms with E-state index < -0.39 is 5.54 Å². The number of unbranched alkanes of at least 4 members (excludes halogenated alkanes) is 1. The molecule has 2 amide bonds. The molecule has 1 N–H and O–H groups in total. The topological polar surface area (TPSA) is 58.6 Å². The summed E-state index contributed by atoms with van der Waals surface area (Å²) in [5.74, 6) is -0.153. The first-order valence-corrected chi connectivity index (χ1v) is 6.15. The molecule has 0 aliphatic carbocycles. The number of ether oxygens (including phenoxy) is 1. The van der Waals surface area contributed by atoms with Crippen molar-refractivity contribution in [3.8, 4) is 0 Å². The first-order valence-electron chi connectivity index (χ1n) is 6.15. The fourth-order valence-corrected chi connectivity index (χ4v) is 1.79. The van der Waals surface area contributed by atoms with E-state index in [4.69, 9.17) is 4.74 Å². The van der Waals surface area contributed by atoms with E-state index in [0.29, 0.717) is 19.8 Å². The Balaban J connectivity index is 2.36. The van der Waals surface area contributed by atoms with E-state index in [1.54, 1.807) is 18.7 Å². The van der Waals surface area contributed by atoms with Gasteiger partial charge in [-0.3, -0.25) is 9.59 Å². The molecule has 17 heavy (non-hydrogen) atoms. The second-order valence-corrected chi connectivity index (χ2v) is 4.87. The van der Waals surface area contributed by atoms with Gasteiger partial charge in [0.15, 0.2) is 0 Å². The van der Waals surface area contributed by atoms with Gasteiger partial charge < -0.3 is 15.0 Å². The highest BCUT2D eigenvalue weighted by atomic mass is 16.5. The number of amides is 2. The van der Waals surface area contributed by atoms with Crippen LogP contribution in [0.5, 0.6) is 0 Å². The van der Waals surface area contributed by atoms with Crippen molar-refractivity contribution >= 4 is 11.8 Å². The smallest absolute Gasteiger partial charge is 0.248 e. The Morgan fingerprint density at radius 1 is 1.35 bits per heavy atom. The molecular weight excluding hydrogens is 220 g/mol. The summed E-state index contributed by atoms with van der Waals surface area (Å²) >= 11 is 0. The number of hydrogen-bond acceptors (Lipinski definition) is 3. The molecule has 98 valence electrons. The van der Waals surface area contributed by atoms with Crippen LogP contribution in [0.25, 0.3) is 0 Å². The van der Waals surface area contributed by atoms with E-state index in [2.05, 4.69) is 12.2 Å². The summed E-state index contributed by atoms with van der Waals surface area (Å²) in [5, 5.41) is 2.68. The highest BCUT2D eigenvalue weighted by Crippen LogP contribution is 2.12. The average molecular weight is 242 g/mol. The number of carbonyl (C=O) groups is 2. The predicted molar refractivity (Wildman–Crippen MR) is 64.5 cm³/mol. The molecule has 5 heteroatoms. The molecule has 0 radical (unpaired) electrons. The standard InChI is InChI=1S/C12H22N2O3/c1-4-5-7-17-8-6-14-9-10(15)13-12(2,3)11(14)16/h4-9H2,1-3H3,(H,13,15). The van der Waals surface area contributed by atoms with Crippen LogP contribution in [0.4, 0.5) is 0 Å². The van der Waals surface area contributed by atoms with Gasteiger partial charge in [0, 0.05) is 13.2 Å². The fourth-order valence-electron chi connectivity index (χ4n) is 1.79. The SMILES string of the molecule is CCCCOCCN1CC(=O)NC(C)(C)C1=O. The van der Waals surface area contributed by atoms with Gasteiger partial charge in [-0.1, -0.05) is 13.3 Å². The Labute approximate surface area is 102 Å². The Kier molecular flexibility index (Phi) is 4.93. The van der Waals surface area contributed by atoms with Crippen LogP contribution in [0.15, 0.2) is 0 Å². The zero-order valence-corrected chi connectivity index (χ0v) is 10.9. The fraction of sp³-hybridized carbons (Fsp3) is 0.833. The van der Waals surface area contributed by atoms with Crippen LogP contribution in [0.2, 0.25) is 0 Å². The maximum Gasteiger partial charge on any atom is 0.248 e. The summed E-state index contributed by atoms with van der Waals surface area (Å²) in [6, 6.07) is 0. The summed E-state index contributed by atoms with van der Waals surface area (Å²) in [5.41, 5.74) is -0.793. The van der Waals surface area contributed by atoms with Crippen LogP contribution in [0.3, 0.4) is 0 Å². The first kappa shape index (κ1) is 14.0. The van der Waals surface area contributed by atoms with Crippen LogP contribution in [0, 0.1) is 0 Å². The van der Waals surface area contributed by atoms with Crippen molar-refractivity contribution in [3.63, 3.8) is 0 Å². The Morgan fingerprint density at radius 3 is 2.71 bits per heavy atom. The van der Waals surface area contributed by atoms with Gasteiger partial charge in [0.05, 0.1) is 13.2 Å². The minimum Gasteiger partial charge on any atom is -0.380 e. The number of carbonyl (C=O) groups excluding carboxylic acids is 2. The quantitative estimate of drug-likeness (QED) is 0.692. The molecule has 1 rings (SSSR count). The van der Waals surface area contributed by atoms with Gasteiger partial charge in [-0.15, -0.1) is 0 Å². The van der Waals surface area contributed by atoms with Gasteiger partial charge in [-0.2, -0.15) is 0 Å². The molecule has 0 atom stereocenters. The maximum absolute atomic E-state index is 12.0. The molecule has 1 saturated heterocycles. The Hall–Kier alpha value is -1.10. The summed E-state index contributed by atoms with van der Waals surface area (Å²) in [7, 11) is 0. The van der Waals surface area contributed by atoms with E-state index >= 15 is 0 Å². The highest BCUT2D eigenvalue weighted by Gasteiger charge is 2.38. The lowest BCUT2D eigenvalue weighted by molar-refractivity contribution is -0.149. The molecule has 0 unspecified atom stereocenters. The summed E-state index contributed by atoms with van der Waals surface area (Å²) in [4.78, 5) is 25.0. The lowest BCUT2D eigenvalue weighted by Crippen LogP contribution is -2.64. The minimum atomic E-state index is -0.793. The molecule has 0 aromatic carbocycles. The monoisotopic (exact) mass is 242 g/mol. The number of hydrogen-bond donors (Lipinski definition) is 1. The lowest BCUT2D eigenvalue weighted by Gasteiger charge is -2.37. The van der Waals surface area contributed by atoms with E-state index in [9.17, 15) is 9.59 Å². The largest absolute Gasteiger partial charge is 0.380 e. The maximum atomic E-state index is 12.0. The highest BCUT2D eigenvalue weighted by molar-refractivity contribution is 5.97. The third kappa shape index (κ3) is 4.00. The van der Waals surface area contributed by atoms with Crippen LogP contribution in [-0.4, -0.2) is 48.6 Å². The molecule has 1 aliphatic heterocycles.